The Morgan fingerprint density at radius 1 is 1.11 bits per heavy atom. The third-order valence-electron chi connectivity index (χ3n) is 0.947. The van der Waals surface area contributed by atoms with Crippen molar-refractivity contribution < 1.29 is 5.11 Å². The maximum Gasteiger partial charge on any atom is 0.0612 e. The molecule has 0 unspecified atom stereocenters. The average Bonchev–Trinajstić information content (AvgIpc) is 1.89. The van der Waals surface area contributed by atoms with Crippen LogP contribution in [0.2, 0.25) is 0 Å². The Balaban J connectivity index is 3.08. The zero-order valence-electron chi connectivity index (χ0n) is 5.88. The summed E-state index contributed by atoms with van der Waals surface area (Å²) in [7, 11) is 0. The summed E-state index contributed by atoms with van der Waals surface area (Å²) in [6.07, 6.45) is 9.93. The molecule has 0 radical (unpaired) electrons. The fourth-order valence-electron chi connectivity index (χ4n) is 0.512. The van der Waals surface area contributed by atoms with E-state index in [-0.39, 0.29) is 6.61 Å². The van der Waals surface area contributed by atoms with Crippen molar-refractivity contribution >= 4 is 0 Å². The SMILES string of the molecule is CC/C=C\C/C=C/CO. The van der Waals surface area contributed by atoms with Gasteiger partial charge in [-0.3, -0.25) is 0 Å². The van der Waals surface area contributed by atoms with Gasteiger partial charge in [-0.25, -0.2) is 0 Å². The molecule has 0 spiro atoms. The molecule has 0 fully saturated rings. The number of hydrogen-bond donors (Lipinski definition) is 1. The molecule has 0 saturated carbocycles. The van der Waals surface area contributed by atoms with Crippen LogP contribution in [0.3, 0.4) is 0 Å². The van der Waals surface area contributed by atoms with E-state index in [2.05, 4.69) is 19.1 Å². The molecular formula is C8H14O. The molecule has 0 heterocycles. The zero-order valence-corrected chi connectivity index (χ0v) is 5.88. The summed E-state index contributed by atoms with van der Waals surface area (Å²) < 4.78 is 0. The summed E-state index contributed by atoms with van der Waals surface area (Å²) in [5, 5.41) is 8.31. The van der Waals surface area contributed by atoms with Crippen LogP contribution in [0.15, 0.2) is 24.3 Å². The number of rotatable bonds is 4. The first-order chi connectivity index (χ1) is 4.41. The minimum absolute atomic E-state index is 0.153. The summed E-state index contributed by atoms with van der Waals surface area (Å²) in [4.78, 5) is 0. The zero-order chi connectivity index (χ0) is 6.95. The third kappa shape index (κ3) is 7.44. The van der Waals surface area contributed by atoms with E-state index in [1.54, 1.807) is 6.08 Å². The van der Waals surface area contributed by atoms with Crippen LogP contribution in [0.25, 0.3) is 0 Å². The molecule has 0 aromatic rings. The van der Waals surface area contributed by atoms with Gasteiger partial charge >= 0.3 is 0 Å². The fraction of sp³-hybridized carbons (Fsp3) is 0.500. The molecule has 1 N–H and O–H groups in total. The summed E-state index contributed by atoms with van der Waals surface area (Å²) in [5.41, 5.74) is 0. The van der Waals surface area contributed by atoms with Crippen molar-refractivity contribution in [1.82, 2.24) is 0 Å². The minimum atomic E-state index is 0.153. The molecule has 0 aliphatic rings. The fourth-order valence-corrected chi connectivity index (χ4v) is 0.512. The Labute approximate surface area is 56.7 Å². The smallest absolute Gasteiger partial charge is 0.0612 e. The number of hydrogen-bond acceptors (Lipinski definition) is 1. The van der Waals surface area contributed by atoms with E-state index >= 15 is 0 Å². The topological polar surface area (TPSA) is 20.2 Å². The maximum absolute atomic E-state index is 8.31. The Morgan fingerprint density at radius 2 is 1.78 bits per heavy atom. The van der Waals surface area contributed by atoms with Gasteiger partial charge in [0.1, 0.15) is 0 Å². The van der Waals surface area contributed by atoms with Gasteiger partial charge in [-0.1, -0.05) is 31.2 Å². The second-order valence-corrected chi connectivity index (χ2v) is 1.77. The van der Waals surface area contributed by atoms with Crippen molar-refractivity contribution in [3.63, 3.8) is 0 Å². The lowest BCUT2D eigenvalue weighted by Crippen LogP contribution is -1.69. The van der Waals surface area contributed by atoms with Gasteiger partial charge in [0.25, 0.3) is 0 Å². The molecule has 0 amide bonds. The van der Waals surface area contributed by atoms with Gasteiger partial charge < -0.3 is 5.11 Å². The van der Waals surface area contributed by atoms with Gasteiger partial charge in [-0.15, -0.1) is 0 Å². The van der Waals surface area contributed by atoms with Crippen molar-refractivity contribution in [3.8, 4) is 0 Å². The lowest BCUT2D eigenvalue weighted by Gasteiger charge is -1.79. The van der Waals surface area contributed by atoms with Gasteiger partial charge in [0.15, 0.2) is 0 Å². The minimum Gasteiger partial charge on any atom is -0.392 e. The highest BCUT2D eigenvalue weighted by Gasteiger charge is 1.68. The van der Waals surface area contributed by atoms with Gasteiger partial charge in [0.2, 0.25) is 0 Å². The van der Waals surface area contributed by atoms with Gasteiger partial charge in [-0.2, -0.15) is 0 Å². The highest BCUT2D eigenvalue weighted by Crippen LogP contribution is 1.86. The first-order valence-corrected chi connectivity index (χ1v) is 3.32. The Bertz CT molecular complexity index is 80.7. The van der Waals surface area contributed by atoms with Crippen LogP contribution in [0, 0.1) is 0 Å². The second-order valence-electron chi connectivity index (χ2n) is 1.77. The van der Waals surface area contributed by atoms with E-state index < -0.39 is 0 Å². The summed E-state index contributed by atoms with van der Waals surface area (Å²) in [6.45, 7) is 2.26. The maximum atomic E-state index is 8.31. The van der Waals surface area contributed by atoms with Crippen molar-refractivity contribution in [3.05, 3.63) is 24.3 Å². The van der Waals surface area contributed by atoms with Crippen molar-refractivity contribution in [1.29, 1.82) is 0 Å². The summed E-state index contributed by atoms with van der Waals surface area (Å²) in [6, 6.07) is 0. The molecule has 0 aromatic heterocycles. The molecule has 0 aromatic carbocycles. The molecule has 9 heavy (non-hydrogen) atoms. The Morgan fingerprint density at radius 3 is 2.33 bits per heavy atom. The van der Waals surface area contributed by atoms with E-state index in [1.807, 2.05) is 6.08 Å². The molecule has 0 aliphatic carbocycles. The van der Waals surface area contributed by atoms with Crippen LogP contribution < -0.4 is 0 Å². The second kappa shape index (κ2) is 7.44. The van der Waals surface area contributed by atoms with E-state index in [1.165, 1.54) is 0 Å². The molecule has 52 valence electrons. The number of aliphatic hydroxyl groups excluding tert-OH is 1. The van der Waals surface area contributed by atoms with Crippen molar-refractivity contribution in [2.24, 2.45) is 0 Å². The highest BCUT2D eigenvalue weighted by atomic mass is 16.2. The van der Waals surface area contributed by atoms with Crippen molar-refractivity contribution in [2.45, 2.75) is 19.8 Å². The molecule has 0 rings (SSSR count). The molecular weight excluding hydrogens is 112 g/mol. The van der Waals surface area contributed by atoms with E-state index in [0.29, 0.717) is 0 Å². The summed E-state index contributed by atoms with van der Waals surface area (Å²) >= 11 is 0. The molecule has 0 saturated heterocycles. The first-order valence-electron chi connectivity index (χ1n) is 3.32. The van der Waals surface area contributed by atoms with Crippen molar-refractivity contribution in [2.75, 3.05) is 6.61 Å². The van der Waals surface area contributed by atoms with Gasteiger partial charge in [0.05, 0.1) is 6.61 Å². The molecule has 1 heteroatoms. The lowest BCUT2D eigenvalue weighted by molar-refractivity contribution is 0.342. The first kappa shape index (κ1) is 8.44. The molecule has 0 atom stereocenters. The predicted molar refractivity (Wildman–Crippen MR) is 40.3 cm³/mol. The van der Waals surface area contributed by atoms with E-state index in [9.17, 15) is 0 Å². The van der Waals surface area contributed by atoms with Gasteiger partial charge in [0, 0.05) is 0 Å². The van der Waals surface area contributed by atoms with Crippen LogP contribution in [-0.2, 0) is 0 Å². The molecule has 1 nitrogen and oxygen atoms in total. The van der Waals surface area contributed by atoms with Crippen LogP contribution in [-0.4, -0.2) is 11.7 Å². The van der Waals surface area contributed by atoms with E-state index in [0.717, 1.165) is 12.8 Å². The molecule has 0 aliphatic heterocycles. The Hall–Kier alpha value is -0.560. The molecule has 0 bridgehead atoms. The summed E-state index contributed by atoms with van der Waals surface area (Å²) in [5.74, 6) is 0. The predicted octanol–water partition coefficient (Wildman–Crippen LogP) is 1.89. The van der Waals surface area contributed by atoms with E-state index in [4.69, 9.17) is 5.11 Å². The monoisotopic (exact) mass is 126 g/mol. The van der Waals surface area contributed by atoms with Crippen LogP contribution >= 0.6 is 0 Å². The van der Waals surface area contributed by atoms with Crippen LogP contribution in [0.5, 0.6) is 0 Å². The van der Waals surface area contributed by atoms with Crippen LogP contribution in [0.4, 0.5) is 0 Å². The highest BCUT2D eigenvalue weighted by molar-refractivity contribution is 4.91. The Kier molecular flexibility index (Phi) is 6.98. The standard InChI is InChI=1S/C8H14O/c1-2-3-4-5-6-7-8-9/h3-4,6-7,9H,2,5,8H2,1H3/b4-3-,7-6+. The quantitative estimate of drug-likeness (QED) is 0.570. The lowest BCUT2D eigenvalue weighted by atomic mass is 10.3. The number of aliphatic hydroxyl groups is 1. The van der Waals surface area contributed by atoms with Gasteiger partial charge in [-0.05, 0) is 12.8 Å². The number of allylic oxidation sites excluding steroid dienone is 3. The average molecular weight is 126 g/mol. The normalized spacial score (nSPS) is 11.8. The largest absolute Gasteiger partial charge is 0.392 e. The van der Waals surface area contributed by atoms with Crippen LogP contribution in [0.1, 0.15) is 19.8 Å². The third-order valence-corrected chi connectivity index (χ3v) is 0.947.